The van der Waals surface area contributed by atoms with Gasteiger partial charge in [0.2, 0.25) is 10.0 Å². The van der Waals surface area contributed by atoms with Gasteiger partial charge in [-0.2, -0.15) is 5.10 Å². The summed E-state index contributed by atoms with van der Waals surface area (Å²) in [7, 11) is -3.47. The Bertz CT molecular complexity index is 813. The second-order valence-corrected chi connectivity index (χ2v) is 7.85. The van der Waals surface area contributed by atoms with E-state index in [1.165, 1.54) is 0 Å². The van der Waals surface area contributed by atoms with Crippen molar-refractivity contribution in [2.45, 2.75) is 45.6 Å². The molecule has 1 aromatic heterocycles. The highest BCUT2D eigenvalue weighted by atomic mass is 35.5. The van der Waals surface area contributed by atoms with E-state index < -0.39 is 10.0 Å². The number of nitrogens with one attached hydrogen (secondary N) is 1. The highest BCUT2D eigenvalue weighted by Gasteiger charge is 2.14. The van der Waals surface area contributed by atoms with E-state index in [1.807, 2.05) is 38.4 Å². The molecule has 126 valence electrons. The molecule has 0 unspecified atom stereocenters. The summed E-state index contributed by atoms with van der Waals surface area (Å²) >= 11 is 6.10. The van der Waals surface area contributed by atoms with Crippen LogP contribution in [0.5, 0.6) is 0 Å². The summed E-state index contributed by atoms with van der Waals surface area (Å²) in [5.74, 6) is 0. The topological polar surface area (TPSA) is 64.0 Å². The molecule has 0 amide bonds. The van der Waals surface area contributed by atoms with Crippen molar-refractivity contribution in [1.82, 2.24) is 14.5 Å². The van der Waals surface area contributed by atoms with Crippen LogP contribution in [-0.2, 0) is 16.6 Å². The zero-order valence-corrected chi connectivity index (χ0v) is 15.4. The predicted molar refractivity (Wildman–Crippen MR) is 92.4 cm³/mol. The Morgan fingerprint density at radius 2 is 1.87 bits per heavy atom. The molecule has 7 heteroatoms. The summed E-state index contributed by atoms with van der Waals surface area (Å²) in [5.41, 5.74) is 3.73. The minimum Gasteiger partial charge on any atom is -0.268 e. The van der Waals surface area contributed by atoms with Crippen molar-refractivity contribution < 1.29 is 8.42 Å². The minimum atomic E-state index is -3.47. The zero-order chi connectivity index (χ0) is 17.2. The van der Waals surface area contributed by atoms with Crippen LogP contribution in [0.2, 0.25) is 5.02 Å². The lowest BCUT2D eigenvalue weighted by Gasteiger charge is -2.09. The smallest absolute Gasteiger partial charge is 0.240 e. The van der Waals surface area contributed by atoms with Gasteiger partial charge < -0.3 is 0 Å². The van der Waals surface area contributed by atoms with E-state index in [1.54, 1.807) is 12.1 Å². The fourth-order valence-electron chi connectivity index (χ4n) is 2.29. The van der Waals surface area contributed by atoms with Crippen LogP contribution in [0.25, 0.3) is 0 Å². The summed E-state index contributed by atoms with van der Waals surface area (Å²) in [4.78, 5) is 0.301. The third-order valence-corrected chi connectivity index (χ3v) is 5.93. The number of aryl methyl sites for hydroxylation is 4. The molecule has 0 fully saturated rings. The van der Waals surface area contributed by atoms with Crippen LogP contribution < -0.4 is 4.72 Å². The highest BCUT2D eigenvalue weighted by Crippen LogP contribution is 2.19. The molecule has 1 N–H and O–H groups in total. The Morgan fingerprint density at radius 1 is 1.17 bits per heavy atom. The molecule has 0 saturated carbocycles. The van der Waals surface area contributed by atoms with Crippen molar-refractivity contribution in [1.29, 1.82) is 0 Å². The largest absolute Gasteiger partial charge is 0.268 e. The number of hydrogen-bond donors (Lipinski definition) is 1. The van der Waals surface area contributed by atoms with E-state index in [0.29, 0.717) is 29.4 Å². The standard InChI is InChI=1S/C16H22ClN3O2S/c1-11-6-7-15(10-12(11)2)23(21,22)18-8-5-9-20-14(4)16(17)13(3)19-20/h6-7,10,18H,5,8-9H2,1-4H3. The number of rotatable bonds is 6. The summed E-state index contributed by atoms with van der Waals surface area (Å²) in [5, 5.41) is 5.00. The van der Waals surface area contributed by atoms with Crippen LogP contribution in [0.15, 0.2) is 23.1 Å². The average Bonchev–Trinajstić information content (AvgIpc) is 2.73. The van der Waals surface area contributed by atoms with Gasteiger partial charge >= 0.3 is 0 Å². The Labute approximate surface area is 142 Å². The first kappa shape index (κ1) is 18.0. The van der Waals surface area contributed by atoms with Crippen molar-refractivity contribution in [2.24, 2.45) is 0 Å². The maximum Gasteiger partial charge on any atom is 0.240 e. The molecule has 1 aromatic carbocycles. The molecule has 0 radical (unpaired) electrons. The number of aromatic nitrogens is 2. The van der Waals surface area contributed by atoms with E-state index in [2.05, 4.69) is 9.82 Å². The van der Waals surface area contributed by atoms with Gasteiger partial charge in [-0.1, -0.05) is 17.7 Å². The number of hydrogen-bond acceptors (Lipinski definition) is 3. The number of halogens is 1. The van der Waals surface area contributed by atoms with Gasteiger partial charge in [0.15, 0.2) is 0 Å². The molecule has 0 aliphatic rings. The molecule has 0 spiro atoms. The zero-order valence-electron chi connectivity index (χ0n) is 13.9. The quantitative estimate of drug-likeness (QED) is 0.809. The van der Waals surface area contributed by atoms with Gasteiger partial charge in [-0.3, -0.25) is 4.68 Å². The van der Waals surface area contributed by atoms with E-state index >= 15 is 0 Å². The first-order valence-electron chi connectivity index (χ1n) is 7.49. The van der Waals surface area contributed by atoms with E-state index in [4.69, 9.17) is 11.6 Å². The maximum absolute atomic E-state index is 12.3. The lowest BCUT2D eigenvalue weighted by atomic mass is 10.1. The first-order chi connectivity index (χ1) is 10.7. The summed E-state index contributed by atoms with van der Waals surface area (Å²) in [6.45, 7) is 8.59. The SMILES string of the molecule is Cc1ccc(S(=O)(=O)NCCCn2nc(C)c(Cl)c2C)cc1C. The number of nitrogens with zero attached hydrogens (tertiary/aromatic N) is 2. The van der Waals surface area contributed by atoms with Gasteiger partial charge in [-0.05, 0) is 57.4 Å². The lowest BCUT2D eigenvalue weighted by Crippen LogP contribution is -2.26. The molecule has 2 rings (SSSR count). The summed E-state index contributed by atoms with van der Waals surface area (Å²) in [6, 6.07) is 5.14. The van der Waals surface area contributed by atoms with Crippen LogP contribution in [0.3, 0.4) is 0 Å². The molecule has 0 atom stereocenters. The van der Waals surface area contributed by atoms with Crippen molar-refractivity contribution in [3.05, 3.63) is 45.7 Å². The van der Waals surface area contributed by atoms with Crippen molar-refractivity contribution in [3.8, 4) is 0 Å². The third-order valence-electron chi connectivity index (χ3n) is 3.92. The molecule has 0 bridgehead atoms. The van der Waals surface area contributed by atoms with E-state index in [0.717, 1.165) is 22.5 Å². The Morgan fingerprint density at radius 3 is 2.43 bits per heavy atom. The van der Waals surface area contributed by atoms with Crippen LogP contribution in [0.4, 0.5) is 0 Å². The van der Waals surface area contributed by atoms with Gasteiger partial charge in [0.25, 0.3) is 0 Å². The van der Waals surface area contributed by atoms with Crippen molar-refractivity contribution in [3.63, 3.8) is 0 Å². The number of benzene rings is 1. The molecule has 0 aliphatic carbocycles. The van der Waals surface area contributed by atoms with Crippen LogP contribution >= 0.6 is 11.6 Å². The first-order valence-corrected chi connectivity index (χ1v) is 9.35. The number of sulfonamides is 1. The van der Waals surface area contributed by atoms with Crippen LogP contribution in [0, 0.1) is 27.7 Å². The molecule has 0 saturated heterocycles. The molecule has 2 aromatic rings. The van der Waals surface area contributed by atoms with E-state index in [-0.39, 0.29) is 0 Å². The monoisotopic (exact) mass is 355 g/mol. The maximum atomic E-state index is 12.3. The van der Waals surface area contributed by atoms with Gasteiger partial charge in [0, 0.05) is 13.1 Å². The fourth-order valence-corrected chi connectivity index (χ4v) is 3.59. The minimum absolute atomic E-state index is 0.301. The Kier molecular flexibility index (Phi) is 5.49. The van der Waals surface area contributed by atoms with Crippen molar-refractivity contribution in [2.75, 3.05) is 6.54 Å². The normalized spacial score (nSPS) is 11.9. The van der Waals surface area contributed by atoms with Gasteiger partial charge in [0.1, 0.15) is 0 Å². The summed E-state index contributed by atoms with van der Waals surface area (Å²) in [6.07, 6.45) is 0.641. The van der Waals surface area contributed by atoms with Gasteiger partial charge in [-0.25, -0.2) is 13.1 Å². The fraction of sp³-hybridized carbons (Fsp3) is 0.438. The lowest BCUT2D eigenvalue weighted by molar-refractivity contribution is 0.544. The molecule has 1 heterocycles. The second-order valence-electron chi connectivity index (χ2n) is 5.71. The predicted octanol–water partition coefficient (Wildman–Crippen LogP) is 3.14. The average molecular weight is 356 g/mol. The van der Waals surface area contributed by atoms with Gasteiger partial charge in [-0.15, -0.1) is 0 Å². The highest BCUT2D eigenvalue weighted by molar-refractivity contribution is 7.89. The molecule has 23 heavy (non-hydrogen) atoms. The van der Waals surface area contributed by atoms with Crippen LogP contribution in [0.1, 0.15) is 28.9 Å². The Balaban J connectivity index is 1.94. The Hall–Kier alpha value is -1.37. The third kappa shape index (κ3) is 4.13. The molecule has 0 aliphatic heterocycles. The molecular weight excluding hydrogens is 334 g/mol. The van der Waals surface area contributed by atoms with Crippen LogP contribution in [-0.4, -0.2) is 24.7 Å². The van der Waals surface area contributed by atoms with E-state index in [9.17, 15) is 8.42 Å². The van der Waals surface area contributed by atoms with Gasteiger partial charge in [0.05, 0.1) is 21.3 Å². The van der Waals surface area contributed by atoms with Crippen molar-refractivity contribution >= 4 is 21.6 Å². The molecule has 5 nitrogen and oxygen atoms in total. The second kappa shape index (κ2) is 7.03. The molecular formula is C16H22ClN3O2S. The summed E-state index contributed by atoms with van der Waals surface area (Å²) < 4.78 is 29.0.